The molecule has 2 atom stereocenters. The van der Waals surface area contributed by atoms with Gasteiger partial charge in [-0.05, 0) is 30.5 Å². The summed E-state index contributed by atoms with van der Waals surface area (Å²) in [5.41, 5.74) is 1.09. The quantitative estimate of drug-likeness (QED) is 0.260. The van der Waals surface area contributed by atoms with Crippen LogP contribution >= 0.6 is 0 Å². The van der Waals surface area contributed by atoms with E-state index in [9.17, 15) is 4.79 Å². The Labute approximate surface area is 165 Å². The van der Waals surface area contributed by atoms with Gasteiger partial charge in [-0.3, -0.25) is 4.79 Å². The Morgan fingerprint density at radius 1 is 0.889 bits per heavy atom. The average Bonchev–Trinajstić information content (AvgIpc) is 3.06. The van der Waals surface area contributed by atoms with Gasteiger partial charge in [0.1, 0.15) is 11.9 Å². The Morgan fingerprint density at radius 2 is 1.52 bits per heavy atom. The fourth-order valence-electron chi connectivity index (χ4n) is 3.75. The molecule has 3 nitrogen and oxygen atoms in total. The molecule has 1 aromatic rings. The molecule has 152 valence electrons. The highest BCUT2D eigenvalue weighted by atomic mass is 16.6. The molecule has 27 heavy (non-hydrogen) atoms. The summed E-state index contributed by atoms with van der Waals surface area (Å²) in [5.74, 6) is 0.975. The van der Waals surface area contributed by atoms with Gasteiger partial charge < -0.3 is 9.47 Å². The molecule has 3 heteroatoms. The Morgan fingerprint density at radius 3 is 2.22 bits per heavy atom. The van der Waals surface area contributed by atoms with E-state index in [-0.39, 0.29) is 18.0 Å². The van der Waals surface area contributed by atoms with E-state index < -0.39 is 0 Å². The predicted molar refractivity (Wildman–Crippen MR) is 111 cm³/mol. The molecule has 1 aliphatic rings. The zero-order valence-electron chi connectivity index (χ0n) is 17.4. The van der Waals surface area contributed by atoms with Crippen molar-refractivity contribution in [1.82, 2.24) is 0 Å². The molecule has 1 aromatic carbocycles. The van der Waals surface area contributed by atoms with E-state index in [4.69, 9.17) is 9.47 Å². The minimum Gasteiger partial charge on any atom is -0.494 e. The monoisotopic (exact) mass is 374 g/mol. The van der Waals surface area contributed by atoms with E-state index in [1.165, 1.54) is 51.4 Å². The van der Waals surface area contributed by atoms with Crippen LogP contribution < -0.4 is 4.74 Å². The maximum atomic E-state index is 12.1. The van der Waals surface area contributed by atoms with Crippen LogP contribution in [0.2, 0.25) is 0 Å². The topological polar surface area (TPSA) is 35.5 Å². The normalized spacial score (nSPS) is 19.3. The van der Waals surface area contributed by atoms with Crippen LogP contribution in [0.1, 0.15) is 103 Å². The number of cyclic esters (lactones) is 1. The zero-order valence-corrected chi connectivity index (χ0v) is 17.4. The molecule has 0 aromatic heterocycles. The van der Waals surface area contributed by atoms with Crippen molar-refractivity contribution in [3.05, 3.63) is 29.8 Å². The number of hydrogen-bond acceptors (Lipinski definition) is 3. The Bertz CT molecular complexity index is 523. The summed E-state index contributed by atoms with van der Waals surface area (Å²) in [6.45, 7) is 5.23. The van der Waals surface area contributed by atoms with Crippen molar-refractivity contribution < 1.29 is 14.3 Å². The standard InChI is InChI=1S/C24H38O3/c1-3-5-7-9-10-12-18-26-22-16-14-20(15-17-22)23-19-21(24(25)27-23)13-11-8-6-4-2/h14-17,21,23H,3-13,18-19H2,1-2H3. The van der Waals surface area contributed by atoms with Gasteiger partial charge in [0.25, 0.3) is 0 Å². The van der Waals surface area contributed by atoms with Gasteiger partial charge in [-0.2, -0.15) is 0 Å². The summed E-state index contributed by atoms with van der Waals surface area (Å²) in [4.78, 5) is 12.1. The molecule has 1 aliphatic heterocycles. The lowest BCUT2D eigenvalue weighted by Crippen LogP contribution is -2.06. The number of hydrogen-bond donors (Lipinski definition) is 0. The smallest absolute Gasteiger partial charge is 0.309 e. The molecule has 0 spiro atoms. The van der Waals surface area contributed by atoms with E-state index in [1.807, 2.05) is 24.3 Å². The van der Waals surface area contributed by atoms with Crippen LogP contribution in [0, 0.1) is 5.92 Å². The maximum absolute atomic E-state index is 12.1. The average molecular weight is 375 g/mol. The summed E-state index contributed by atoms with van der Waals surface area (Å²) in [6.07, 6.45) is 14.2. The lowest BCUT2D eigenvalue weighted by molar-refractivity contribution is -0.144. The van der Waals surface area contributed by atoms with Crippen molar-refractivity contribution in [3.63, 3.8) is 0 Å². The summed E-state index contributed by atoms with van der Waals surface area (Å²) < 4.78 is 11.5. The number of unbranched alkanes of at least 4 members (excludes halogenated alkanes) is 8. The van der Waals surface area contributed by atoms with Gasteiger partial charge in [-0.25, -0.2) is 0 Å². The van der Waals surface area contributed by atoms with Crippen molar-refractivity contribution in [2.75, 3.05) is 6.61 Å². The van der Waals surface area contributed by atoms with Gasteiger partial charge in [0.15, 0.2) is 0 Å². The molecule has 1 heterocycles. The zero-order chi connectivity index (χ0) is 19.3. The molecule has 0 bridgehead atoms. The van der Waals surface area contributed by atoms with Crippen LogP contribution in [-0.4, -0.2) is 12.6 Å². The molecule has 1 fully saturated rings. The largest absolute Gasteiger partial charge is 0.494 e. The molecule has 0 radical (unpaired) electrons. The molecule has 0 aliphatic carbocycles. The second-order valence-electron chi connectivity index (χ2n) is 7.89. The number of benzene rings is 1. The van der Waals surface area contributed by atoms with Crippen LogP contribution in [-0.2, 0) is 9.53 Å². The van der Waals surface area contributed by atoms with Gasteiger partial charge in [0.2, 0.25) is 0 Å². The minimum absolute atomic E-state index is 0.0140. The van der Waals surface area contributed by atoms with Crippen molar-refractivity contribution in [2.24, 2.45) is 5.92 Å². The third kappa shape index (κ3) is 7.94. The minimum atomic E-state index is -0.0821. The third-order valence-corrected chi connectivity index (χ3v) is 5.51. The fraction of sp³-hybridized carbons (Fsp3) is 0.708. The first-order chi connectivity index (χ1) is 13.2. The van der Waals surface area contributed by atoms with E-state index in [1.54, 1.807) is 0 Å². The maximum Gasteiger partial charge on any atom is 0.309 e. The summed E-state index contributed by atoms with van der Waals surface area (Å²) >= 11 is 0. The first-order valence-corrected chi connectivity index (χ1v) is 11.2. The molecule has 0 N–H and O–H groups in total. The van der Waals surface area contributed by atoms with Crippen LogP contribution in [0.5, 0.6) is 5.75 Å². The van der Waals surface area contributed by atoms with Crippen molar-refractivity contribution >= 4 is 5.97 Å². The first kappa shape index (κ1) is 21.8. The first-order valence-electron chi connectivity index (χ1n) is 11.2. The molecule has 2 rings (SSSR count). The van der Waals surface area contributed by atoms with Gasteiger partial charge in [-0.15, -0.1) is 0 Å². The molecule has 0 saturated carbocycles. The van der Waals surface area contributed by atoms with Crippen molar-refractivity contribution in [1.29, 1.82) is 0 Å². The van der Waals surface area contributed by atoms with Crippen LogP contribution in [0.4, 0.5) is 0 Å². The number of esters is 1. The van der Waals surface area contributed by atoms with Gasteiger partial charge in [0, 0.05) is 6.42 Å². The molecular weight excluding hydrogens is 336 g/mol. The highest BCUT2D eigenvalue weighted by molar-refractivity contribution is 5.74. The number of rotatable bonds is 14. The van der Waals surface area contributed by atoms with Crippen LogP contribution in [0.25, 0.3) is 0 Å². The Hall–Kier alpha value is -1.51. The summed E-state index contributed by atoms with van der Waals surface area (Å²) in [7, 11) is 0. The highest BCUT2D eigenvalue weighted by Crippen LogP contribution is 2.36. The lowest BCUT2D eigenvalue weighted by atomic mass is 9.95. The molecule has 0 amide bonds. The lowest BCUT2D eigenvalue weighted by Gasteiger charge is -2.11. The van der Waals surface area contributed by atoms with Crippen LogP contribution in [0.3, 0.4) is 0 Å². The fourth-order valence-corrected chi connectivity index (χ4v) is 3.75. The Balaban J connectivity index is 1.68. The number of carbonyl (C=O) groups excluding carboxylic acids is 1. The number of ether oxygens (including phenoxy) is 2. The molecular formula is C24H38O3. The van der Waals surface area contributed by atoms with Gasteiger partial charge in [-0.1, -0.05) is 83.8 Å². The van der Waals surface area contributed by atoms with Crippen molar-refractivity contribution in [2.45, 2.75) is 97.0 Å². The van der Waals surface area contributed by atoms with E-state index in [0.29, 0.717) is 0 Å². The summed E-state index contributed by atoms with van der Waals surface area (Å²) in [5, 5.41) is 0. The van der Waals surface area contributed by atoms with Gasteiger partial charge in [0.05, 0.1) is 12.5 Å². The second kappa shape index (κ2) is 12.8. The van der Waals surface area contributed by atoms with Gasteiger partial charge >= 0.3 is 5.97 Å². The van der Waals surface area contributed by atoms with Crippen molar-refractivity contribution in [3.8, 4) is 5.75 Å². The number of carbonyl (C=O) groups is 1. The van der Waals surface area contributed by atoms with Crippen LogP contribution in [0.15, 0.2) is 24.3 Å². The SMILES string of the molecule is CCCCCCCCOc1ccc(C2CC(CCCCCC)C(=O)O2)cc1. The molecule has 2 unspecified atom stereocenters. The Kier molecular flexibility index (Phi) is 10.3. The second-order valence-corrected chi connectivity index (χ2v) is 7.89. The summed E-state index contributed by atoms with van der Waals surface area (Å²) in [6, 6.07) is 8.12. The predicted octanol–water partition coefficient (Wildman–Crippen LogP) is 7.00. The molecule has 1 saturated heterocycles. The van der Waals surface area contributed by atoms with E-state index >= 15 is 0 Å². The van der Waals surface area contributed by atoms with E-state index in [2.05, 4.69) is 13.8 Å². The third-order valence-electron chi connectivity index (χ3n) is 5.51. The highest BCUT2D eigenvalue weighted by Gasteiger charge is 2.34. The van der Waals surface area contributed by atoms with E-state index in [0.717, 1.165) is 43.6 Å².